The van der Waals surface area contributed by atoms with Crippen molar-refractivity contribution in [2.24, 2.45) is 5.92 Å². The molecule has 1 atom stereocenters. The lowest BCUT2D eigenvalue weighted by Gasteiger charge is -2.24. The van der Waals surface area contributed by atoms with Gasteiger partial charge >= 0.3 is 0 Å². The summed E-state index contributed by atoms with van der Waals surface area (Å²) in [6.45, 7) is 0.428. The maximum absolute atomic E-state index is 12.8. The monoisotopic (exact) mass is 270 g/mol. The molecule has 102 valence electrons. The van der Waals surface area contributed by atoms with E-state index in [1.165, 1.54) is 12.1 Å². The van der Waals surface area contributed by atoms with Gasteiger partial charge in [0.2, 0.25) is 0 Å². The molecule has 0 bridgehead atoms. The van der Waals surface area contributed by atoms with E-state index < -0.39 is 0 Å². The standard InChI is InChI=1S/C17H15FO2/c18-15-7-5-12(6-8-15)9-16(19)14-10-13-3-1-2-4-17(13)20-11-14/h1-8,14H,9-11H2. The van der Waals surface area contributed by atoms with Crippen molar-refractivity contribution in [3.05, 3.63) is 65.5 Å². The van der Waals surface area contributed by atoms with Gasteiger partial charge in [0, 0.05) is 6.42 Å². The molecular formula is C17H15FO2. The topological polar surface area (TPSA) is 26.3 Å². The molecule has 0 radical (unpaired) electrons. The van der Waals surface area contributed by atoms with E-state index in [4.69, 9.17) is 4.74 Å². The Hall–Kier alpha value is -2.16. The van der Waals surface area contributed by atoms with Crippen molar-refractivity contribution in [1.29, 1.82) is 0 Å². The van der Waals surface area contributed by atoms with Crippen LogP contribution in [0.15, 0.2) is 48.5 Å². The van der Waals surface area contributed by atoms with Gasteiger partial charge in [0.1, 0.15) is 17.3 Å². The molecule has 0 N–H and O–H groups in total. The summed E-state index contributed by atoms with van der Waals surface area (Å²) in [6, 6.07) is 13.9. The number of carbonyl (C=O) groups excluding carboxylic acids is 1. The van der Waals surface area contributed by atoms with E-state index >= 15 is 0 Å². The fourth-order valence-corrected chi connectivity index (χ4v) is 2.48. The minimum Gasteiger partial charge on any atom is -0.493 e. The van der Waals surface area contributed by atoms with Crippen LogP contribution in [-0.4, -0.2) is 12.4 Å². The predicted molar refractivity (Wildman–Crippen MR) is 74.2 cm³/mol. The van der Waals surface area contributed by atoms with E-state index in [0.29, 0.717) is 13.0 Å². The zero-order valence-electron chi connectivity index (χ0n) is 11.0. The smallest absolute Gasteiger partial charge is 0.144 e. The van der Waals surface area contributed by atoms with E-state index in [2.05, 4.69) is 0 Å². The number of rotatable bonds is 3. The number of hydrogen-bond donors (Lipinski definition) is 0. The van der Waals surface area contributed by atoms with Crippen LogP contribution in [0, 0.1) is 11.7 Å². The number of halogens is 1. The number of fused-ring (bicyclic) bond motifs is 1. The summed E-state index contributed by atoms with van der Waals surface area (Å²) in [5.74, 6) is 0.621. The van der Waals surface area contributed by atoms with Gasteiger partial charge < -0.3 is 4.74 Å². The molecule has 2 aromatic rings. The number of para-hydroxylation sites is 1. The molecule has 0 saturated carbocycles. The lowest BCUT2D eigenvalue weighted by Crippen LogP contribution is -2.29. The number of carbonyl (C=O) groups is 1. The molecule has 3 heteroatoms. The van der Waals surface area contributed by atoms with E-state index in [0.717, 1.165) is 23.3 Å². The molecule has 0 amide bonds. The highest BCUT2D eigenvalue weighted by molar-refractivity contribution is 5.84. The first-order valence-corrected chi connectivity index (χ1v) is 6.70. The average molecular weight is 270 g/mol. The highest BCUT2D eigenvalue weighted by Gasteiger charge is 2.25. The van der Waals surface area contributed by atoms with Gasteiger partial charge in [-0.3, -0.25) is 4.79 Å². The highest BCUT2D eigenvalue weighted by Crippen LogP contribution is 2.27. The summed E-state index contributed by atoms with van der Waals surface area (Å²) < 4.78 is 18.5. The normalized spacial score (nSPS) is 17.1. The molecule has 0 aliphatic carbocycles. The van der Waals surface area contributed by atoms with Crippen LogP contribution in [0.3, 0.4) is 0 Å². The Kier molecular flexibility index (Phi) is 3.50. The summed E-state index contributed by atoms with van der Waals surface area (Å²) in [5.41, 5.74) is 1.92. The third-order valence-electron chi connectivity index (χ3n) is 3.63. The summed E-state index contributed by atoms with van der Waals surface area (Å²) in [6.07, 6.45) is 1.05. The second-order valence-electron chi connectivity index (χ2n) is 5.09. The molecule has 0 fully saturated rings. The average Bonchev–Trinajstić information content (AvgIpc) is 2.49. The Labute approximate surface area is 117 Å². The van der Waals surface area contributed by atoms with E-state index in [9.17, 15) is 9.18 Å². The Morgan fingerprint density at radius 3 is 2.70 bits per heavy atom. The molecule has 20 heavy (non-hydrogen) atoms. The largest absolute Gasteiger partial charge is 0.493 e. The van der Waals surface area contributed by atoms with Crippen LogP contribution >= 0.6 is 0 Å². The van der Waals surface area contributed by atoms with Crippen molar-refractivity contribution in [2.45, 2.75) is 12.8 Å². The van der Waals surface area contributed by atoms with Crippen LogP contribution in [0.5, 0.6) is 5.75 Å². The van der Waals surface area contributed by atoms with Gasteiger partial charge in [-0.15, -0.1) is 0 Å². The second-order valence-corrected chi connectivity index (χ2v) is 5.09. The van der Waals surface area contributed by atoms with Crippen molar-refractivity contribution < 1.29 is 13.9 Å². The van der Waals surface area contributed by atoms with Crippen LogP contribution in [0.4, 0.5) is 4.39 Å². The fraction of sp³-hybridized carbons (Fsp3) is 0.235. The van der Waals surface area contributed by atoms with Crippen molar-refractivity contribution in [2.75, 3.05) is 6.61 Å². The fourth-order valence-electron chi connectivity index (χ4n) is 2.48. The first-order valence-electron chi connectivity index (χ1n) is 6.70. The van der Waals surface area contributed by atoms with Crippen LogP contribution in [-0.2, 0) is 17.6 Å². The van der Waals surface area contributed by atoms with E-state index in [-0.39, 0.29) is 17.5 Å². The van der Waals surface area contributed by atoms with Crippen LogP contribution in [0.2, 0.25) is 0 Å². The first-order chi connectivity index (χ1) is 9.72. The molecule has 2 nitrogen and oxygen atoms in total. The zero-order valence-corrected chi connectivity index (χ0v) is 11.0. The first kappa shape index (κ1) is 12.9. The second kappa shape index (κ2) is 5.45. The Morgan fingerprint density at radius 1 is 1.15 bits per heavy atom. The van der Waals surface area contributed by atoms with Crippen molar-refractivity contribution >= 4 is 5.78 Å². The van der Waals surface area contributed by atoms with Gasteiger partial charge in [0.15, 0.2) is 0 Å². The maximum Gasteiger partial charge on any atom is 0.144 e. The molecule has 1 aliphatic rings. The minimum absolute atomic E-state index is 0.116. The van der Waals surface area contributed by atoms with E-state index in [1.807, 2.05) is 24.3 Å². The van der Waals surface area contributed by atoms with Gasteiger partial charge in [-0.2, -0.15) is 0 Å². The third-order valence-corrected chi connectivity index (χ3v) is 3.63. The molecule has 3 rings (SSSR count). The molecule has 1 unspecified atom stereocenters. The summed E-state index contributed by atoms with van der Waals surface area (Å²) in [7, 11) is 0. The third kappa shape index (κ3) is 2.72. The van der Waals surface area contributed by atoms with Crippen LogP contribution in [0.25, 0.3) is 0 Å². The maximum atomic E-state index is 12.8. The van der Waals surface area contributed by atoms with Gasteiger partial charge in [-0.25, -0.2) is 4.39 Å². The summed E-state index contributed by atoms with van der Waals surface area (Å²) in [4.78, 5) is 12.3. The van der Waals surface area contributed by atoms with Gasteiger partial charge in [0.25, 0.3) is 0 Å². The zero-order chi connectivity index (χ0) is 13.9. The number of Topliss-reactive ketones (excluding diaryl/α,β-unsaturated/α-hetero) is 1. The molecule has 0 spiro atoms. The lowest BCUT2D eigenvalue weighted by molar-refractivity contribution is -0.123. The summed E-state index contributed by atoms with van der Waals surface area (Å²) in [5, 5.41) is 0. The minimum atomic E-state index is -0.281. The molecular weight excluding hydrogens is 255 g/mol. The van der Waals surface area contributed by atoms with Crippen LogP contribution in [0.1, 0.15) is 11.1 Å². The van der Waals surface area contributed by atoms with Crippen molar-refractivity contribution in [3.63, 3.8) is 0 Å². The molecule has 0 saturated heterocycles. The van der Waals surface area contributed by atoms with Gasteiger partial charge in [-0.1, -0.05) is 30.3 Å². The van der Waals surface area contributed by atoms with Gasteiger partial charge in [0.05, 0.1) is 12.5 Å². The molecule has 0 aromatic heterocycles. The van der Waals surface area contributed by atoms with Crippen LogP contribution < -0.4 is 4.74 Å². The highest BCUT2D eigenvalue weighted by atomic mass is 19.1. The number of ether oxygens (including phenoxy) is 1. The Bertz CT molecular complexity index is 619. The van der Waals surface area contributed by atoms with E-state index in [1.54, 1.807) is 12.1 Å². The predicted octanol–water partition coefficient (Wildman–Crippen LogP) is 3.19. The molecule has 1 heterocycles. The Balaban J connectivity index is 1.68. The molecule has 2 aromatic carbocycles. The Morgan fingerprint density at radius 2 is 1.90 bits per heavy atom. The SMILES string of the molecule is O=C(Cc1ccc(F)cc1)C1COc2ccccc2C1. The van der Waals surface area contributed by atoms with Gasteiger partial charge in [-0.05, 0) is 35.7 Å². The number of hydrogen-bond acceptors (Lipinski definition) is 2. The van der Waals surface area contributed by atoms with Crippen molar-refractivity contribution in [3.8, 4) is 5.75 Å². The number of ketones is 1. The lowest BCUT2D eigenvalue weighted by atomic mass is 9.90. The molecule has 1 aliphatic heterocycles. The quantitative estimate of drug-likeness (QED) is 0.856. The number of benzene rings is 2. The summed E-state index contributed by atoms with van der Waals surface area (Å²) >= 11 is 0. The van der Waals surface area contributed by atoms with Crippen molar-refractivity contribution in [1.82, 2.24) is 0 Å².